The fourth-order valence-electron chi connectivity index (χ4n) is 4.17. The molecule has 1 atom stereocenters. The van der Waals surface area contributed by atoms with E-state index in [0.717, 1.165) is 0 Å². The molecule has 0 spiro atoms. The van der Waals surface area contributed by atoms with Crippen molar-refractivity contribution in [2.75, 3.05) is 30.1 Å². The van der Waals surface area contributed by atoms with Crippen molar-refractivity contribution < 1.29 is 32.3 Å². The zero-order chi connectivity index (χ0) is 24.3. The molecular weight excluding hydrogens is 460 g/mol. The summed E-state index contributed by atoms with van der Waals surface area (Å²) in [7, 11) is -1.94. The van der Waals surface area contributed by atoms with Gasteiger partial charge in [0.1, 0.15) is 6.54 Å². The van der Waals surface area contributed by atoms with Crippen molar-refractivity contribution in [2.24, 2.45) is 0 Å². The van der Waals surface area contributed by atoms with Gasteiger partial charge in [-0.2, -0.15) is 0 Å². The molecule has 1 aliphatic rings. The molecule has 9 nitrogen and oxygen atoms in total. The number of para-hydroxylation sites is 2. The van der Waals surface area contributed by atoms with Crippen LogP contribution in [0, 0.1) is 0 Å². The van der Waals surface area contributed by atoms with Crippen LogP contribution in [0.3, 0.4) is 0 Å². The summed E-state index contributed by atoms with van der Waals surface area (Å²) in [5.74, 6) is -1.82. The van der Waals surface area contributed by atoms with Crippen LogP contribution < -0.4 is 4.90 Å². The van der Waals surface area contributed by atoms with Gasteiger partial charge in [-0.1, -0.05) is 36.4 Å². The van der Waals surface area contributed by atoms with Crippen molar-refractivity contribution in [3.8, 4) is 0 Å². The summed E-state index contributed by atoms with van der Waals surface area (Å²) >= 11 is 0. The summed E-state index contributed by atoms with van der Waals surface area (Å²) < 4.78 is 35.6. The Kier molecular flexibility index (Phi) is 6.69. The molecule has 1 fully saturated rings. The lowest BCUT2D eigenvalue weighted by molar-refractivity contribution is -0.148. The number of nitrogens with zero attached hydrogens (tertiary/aromatic N) is 2. The molecule has 1 aromatic heterocycles. The summed E-state index contributed by atoms with van der Waals surface area (Å²) in [6.07, 6.45) is 1.84. The fraction of sp³-hybridized carbons (Fsp3) is 0.292. The molecule has 0 radical (unpaired) electrons. The fourth-order valence-corrected chi connectivity index (χ4v) is 5.87. The molecule has 0 saturated carbocycles. The molecule has 1 amide bonds. The van der Waals surface area contributed by atoms with Gasteiger partial charge in [0.15, 0.2) is 16.4 Å². The quantitative estimate of drug-likeness (QED) is 0.473. The number of sulfone groups is 1. The van der Waals surface area contributed by atoms with Crippen molar-refractivity contribution in [1.82, 2.24) is 4.57 Å². The lowest BCUT2D eigenvalue weighted by Gasteiger charge is -2.28. The number of methoxy groups -OCH3 is 1. The Balaban J connectivity index is 1.48. The largest absolute Gasteiger partial charge is 0.465 e. The van der Waals surface area contributed by atoms with Crippen LogP contribution in [0.1, 0.15) is 16.8 Å². The Morgan fingerprint density at radius 3 is 2.44 bits per heavy atom. The van der Waals surface area contributed by atoms with Crippen LogP contribution in [0.5, 0.6) is 0 Å². The highest BCUT2D eigenvalue weighted by atomic mass is 32.2. The van der Waals surface area contributed by atoms with Gasteiger partial charge in [0.2, 0.25) is 0 Å². The van der Waals surface area contributed by atoms with E-state index in [9.17, 15) is 22.8 Å². The van der Waals surface area contributed by atoms with Crippen LogP contribution in [-0.2, 0) is 35.4 Å². The normalized spacial score (nSPS) is 16.8. The first kappa shape index (κ1) is 23.5. The highest BCUT2D eigenvalue weighted by Crippen LogP contribution is 2.25. The second-order valence-electron chi connectivity index (χ2n) is 8.00. The number of carbonyl (C=O) groups excluding carboxylic acids is 3. The minimum atomic E-state index is -3.22. The minimum Gasteiger partial charge on any atom is -0.465 e. The third kappa shape index (κ3) is 4.96. The Labute approximate surface area is 196 Å². The zero-order valence-electron chi connectivity index (χ0n) is 18.5. The molecule has 2 heterocycles. The van der Waals surface area contributed by atoms with Crippen LogP contribution in [0.25, 0.3) is 10.9 Å². The lowest BCUT2D eigenvalue weighted by atomic mass is 10.2. The first-order valence-corrected chi connectivity index (χ1v) is 12.5. The molecule has 34 heavy (non-hydrogen) atoms. The Bertz CT molecular complexity index is 1330. The van der Waals surface area contributed by atoms with Crippen molar-refractivity contribution in [3.05, 3.63) is 66.4 Å². The second kappa shape index (κ2) is 9.68. The smallest absolute Gasteiger partial charge is 0.340 e. The SMILES string of the molecule is COC(=O)c1cn(CC(=O)OCC(=O)N(c2ccccc2)C2CCS(=O)(=O)C2)c2ccccc12. The predicted molar refractivity (Wildman–Crippen MR) is 125 cm³/mol. The average Bonchev–Trinajstić information content (AvgIpc) is 3.38. The summed E-state index contributed by atoms with van der Waals surface area (Å²) in [5.41, 5.74) is 1.51. The third-order valence-electron chi connectivity index (χ3n) is 5.73. The molecule has 0 bridgehead atoms. The molecule has 10 heteroatoms. The van der Waals surface area contributed by atoms with Crippen molar-refractivity contribution in [1.29, 1.82) is 0 Å². The summed E-state index contributed by atoms with van der Waals surface area (Å²) in [4.78, 5) is 39.1. The van der Waals surface area contributed by atoms with E-state index in [1.807, 2.05) is 0 Å². The number of fused-ring (bicyclic) bond motifs is 1. The molecule has 178 valence electrons. The molecule has 1 unspecified atom stereocenters. The first-order valence-electron chi connectivity index (χ1n) is 10.7. The second-order valence-corrected chi connectivity index (χ2v) is 10.2. The number of hydrogen-bond acceptors (Lipinski definition) is 7. The lowest BCUT2D eigenvalue weighted by Crippen LogP contribution is -2.43. The van der Waals surface area contributed by atoms with Gasteiger partial charge in [-0.3, -0.25) is 9.59 Å². The highest BCUT2D eigenvalue weighted by Gasteiger charge is 2.35. The maximum atomic E-state index is 13.0. The van der Waals surface area contributed by atoms with E-state index < -0.39 is 40.3 Å². The van der Waals surface area contributed by atoms with E-state index in [0.29, 0.717) is 28.6 Å². The predicted octanol–water partition coefficient (Wildman–Crippen LogP) is 2.19. The maximum Gasteiger partial charge on any atom is 0.340 e. The molecule has 1 saturated heterocycles. The van der Waals surface area contributed by atoms with Crippen molar-refractivity contribution in [2.45, 2.75) is 19.0 Å². The van der Waals surface area contributed by atoms with Gasteiger partial charge in [0, 0.05) is 22.8 Å². The Morgan fingerprint density at radius 2 is 1.76 bits per heavy atom. The molecular formula is C24H24N2O7S. The van der Waals surface area contributed by atoms with Crippen LogP contribution in [0.2, 0.25) is 0 Å². The molecule has 4 rings (SSSR count). The Hall–Kier alpha value is -3.66. The number of carbonyl (C=O) groups is 3. The van der Waals surface area contributed by atoms with Gasteiger partial charge in [0.05, 0.1) is 30.2 Å². The van der Waals surface area contributed by atoms with Crippen LogP contribution in [-0.4, -0.2) is 62.1 Å². The van der Waals surface area contributed by atoms with Crippen LogP contribution in [0.15, 0.2) is 60.8 Å². The topological polar surface area (TPSA) is 112 Å². The van der Waals surface area contributed by atoms with Gasteiger partial charge >= 0.3 is 11.9 Å². The number of amides is 1. The number of hydrogen-bond donors (Lipinski definition) is 0. The van der Waals surface area contributed by atoms with E-state index in [4.69, 9.17) is 9.47 Å². The van der Waals surface area contributed by atoms with E-state index in [1.54, 1.807) is 59.2 Å². The van der Waals surface area contributed by atoms with E-state index in [-0.39, 0.29) is 18.1 Å². The molecule has 0 aliphatic carbocycles. The molecule has 1 aliphatic heterocycles. The van der Waals surface area contributed by atoms with Gasteiger partial charge in [-0.05, 0) is 24.6 Å². The number of rotatable bonds is 7. The van der Waals surface area contributed by atoms with Crippen molar-refractivity contribution >= 4 is 44.3 Å². The summed E-state index contributed by atoms with van der Waals surface area (Å²) in [5, 5.41) is 0.635. The van der Waals surface area contributed by atoms with Gasteiger partial charge < -0.3 is 18.9 Å². The standard InChI is InChI=1S/C24H24N2O7S/c1-32-24(29)20-13-25(21-10-6-5-9-19(20)21)14-23(28)33-15-22(27)26(17-7-3-2-4-8-17)18-11-12-34(30,31)16-18/h2-10,13,18H,11-12,14-16H2,1H3. The highest BCUT2D eigenvalue weighted by molar-refractivity contribution is 7.91. The minimum absolute atomic E-state index is 0.0112. The Morgan fingerprint density at radius 1 is 1.06 bits per heavy atom. The average molecular weight is 485 g/mol. The van der Waals surface area contributed by atoms with Gasteiger partial charge in [-0.25, -0.2) is 13.2 Å². The number of anilines is 1. The molecule has 2 aromatic carbocycles. The van der Waals surface area contributed by atoms with E-state index in [1.165, 1.54) is 18.2 Å². The first-order chi connectivity index (χ1) is 16.3. The van der Waals surface area contributed by atoms with Crippen LogP contribution in [0.4, 0.5) is 5.69 Å². The zero-order valence-corrected chi connectivity index (χ0v) is 19.4. The van der Waals surface area contributed by atoms with Crippen molar-refractivity contribution in [3.63, 3.8) is 0 Å². The molecule has 3 aromatic rings. The van der Waals surface area contributed by atoms with Crippen LogP contribution >= 0.6 is 0 Å². The monoisotopic (exact) mass is 484 g/mol. The third-order valence-corrected chi connectivity index (χ3v) is 7.48. The maximum absolute atomic E-state index is 13.0. The number of benzene rings is 2. The summed E-state index contributed by atoms with van der Waals surface area (Å²) in [6, 6.07) is 15.3. The number of aromatic nitrogens is 1. The number of ether oxygens (including phenoxy) is 2. The molecule has 0 N–H and O–H groups in total. The van der Waals surface area contributed by atoms with Gasteiger partial charge in [-0.15, -0.1) is 0 Å². The van der Waals surface area contributed by atoms with E-state index in [2.05, 4.69) is 0 Å². The van der Waals surface area contributed by atoms with E-state index >= 15 is 0 Å². The van der Waals surface area contributed by atoms with Gasteiger partial charge in [0.25, 0.3) is 5.91 Å². The summed E-state index contributed by atoms with van der Waals surface area (Å²) in [6.45, 7) is -0.749. The number of esters is 2.